The second-order valence-electron chi connectivity index (χ2n) is 5.84. The molecule has 2 heterocycles. The van der Waals surface area contributed by atoms with Crippen LogP contribution in [0.5, 0.6) is 0 Å². The van der Waals surface area contributed by atoms with Crippen molar-refractivity contribution in [2.24, 2.45) is 0 Å². The summed E-state index contributed by atoms with van der Waals surface area (Å²) in [5.41, 5.74) is 0.797. The highest BCUT2D eigenvalue weighted by atomic mass is 35.5. The summed E-state index contributed by atoms with van der Waals surface area (Å²) in [5.74, 6) is -0.170. The fraction of sp³-hybridized carbons (Fsp3) is 0.278. The first-order chi connectivity index (χ1) is 12.6. The fourth-order valence-electron chi connectivity index (χ4n) is 2.60. The van der Waals surface area contributed by atoms with Crippen molar-refractivity contribution in [3.8, 4) is 0 Å². The highest BCUT2D eigenvalue weighted by Gasteiger charge is 2.19. The summed E-state index contributed by atoms with van der Waals surface area (Å²) in [7, 11) is 0. The molecule has 7 nitrogen and oxygen atoms in total. The highest BCUT2D eigenvalue weighted by molar-refractivity contribution is 6.30. The van der Waals surface area contributed by atoms with E-state index in [9.17, 15) is 9.59 Å². The number of amides is 2. The van der Waals surface area contributed by atoms with Crippen LogP contribution in [0.15, 0.2) is 42.6 Å². The number of anilines is 2. The summed E-state index contributed by atoms with van der Waals surface area (Å²) in [4.78, 5) is 28.8. The number of hydrogen-bond acceptors (Lipinski definition) is 5. The second kappa shape index (κ2) is 11.8. The second-order valence-corrected chi connectivity index (χ2v) is 6.28. The van der Waals surface area contributed by atoms with Gasteiger partial charge in [0.05, 0.1) is 29.5 Å². The van der Waals surface area contributed by atoms with Crippen LogP contribution >= 0.6 is 36.4 Å². The van der Waals surface area contributed by atoms with Gasteiger partial charge in [0.2, 0.25) is 5.91 Å². The quantitative estimate of drug-likeness (QED) is 0.655. The van der Waals surface area contributed by atoms with Crippen molar-refractivity contribution in [3.05, 3.63) is 53.2 Å². The predicted molar refractivity (Wildman–Crippen MR) is 114 cm³/mol. The van der Waals surface area contributed by atoms with E-state index in [1.54, 1.807) is 36.4 Å². The summed E-state index contributed by atoms with van der Waals surface area (Å²) in [6.45, 7) is 1.88. The summed E-state index contributed by atoms with van der Waals surface area (Å²) in [5, 5.41) is 9.19. The van der Waals surface area contributed by atoms with Crippen molar-refractivity contribution >= 4 is 59.7 Å². The fourth-order valence-corrected chi connectivity index (χ4v) is 2.71. The normalized spacial score (nSPS) is 15.5. The van der Waals surface area contributed by atoms with E-state index in [-0.39, 0.29) is 49.1 Å². The van der Waals surface area contributed by atoms with E-state index in [1.165, 1.54) is 6.20 Å². The van der Waals surface area contributed by atoms with Crippen LogP contribution in [-0.4, -0.2) is 42.6 Å². The number of benzene rings is 1. The lowest BCUT2D eigenvalue weighted by molar-refractivity contribution is -0.117. The van der Waals surface area contributed by atoms with Crippen LogP contribution in [0.3, 0.4) is 0 Å². The molecule has 152 valence electrons. The molecule has 0 spiro atoms. The van der Waals surface area contributed by atoms with E-state index < -0.39 is 0 Å². The Morgan fingerprint density at radius 3 is 2.64 bits per heavy atom. The van der Waals surface area contributed by atoms with Gasteiger partial charge in [-0.25, -0.2) is 4.98 Å². The van der Waals surface area contributed by atoms with Gasteiger partial charge in [0.25, 0.3) is 5.91 Å². The number of nitrogens with one attached hydrogen (secondary N) is 3. The molecule has 2 aromatic rings. The maximum Gasteiger partial charge on any atom is 0.258 e. The first kappa shape index (κ1) is 24.1. The lowest BCUT2D eigenvalue weighted by atomic mass is 10.1. The number of rotatable bonds is 5. The van der Waals surface area contributed by atoms with Gasteiger partial charge in [0.1, 0.15) is 5.82 Å². The molecule has 28 heavy (non-hydrogen) atoms. The molecule has 2 amide bonds. The number of aromatic nitrogens is 1. The Morgan fingerprint density at radius 2 is 1.96 bits per heavy atom. The van der Waals surface area contributed by atoms with E-state index in [2.05, 4.69) is 20.9 Å². The number of carbonyl (C=O) groups is 2. The monoisotopic (exact) mass is 446 g/mol. The molecule has 1 aromatic carbocycles. The standard InChI is InChI=1S/C18H19ClN4O3.2ClH/c19-12-5-6-16(21-10-12)23-18(25)14-3-1-2-4-15(14)22-17(24)9-13-11-26-8-7-20-13;;/h1-6,10,13,20H,7-9,11H2,(H,22,24)(H,21,23,25);2*1H. The van der Waals surface area contributed by atoms with Gasteiger partial charge < -0.3 is 20.7 Å². The third-order valence-corrected chi connectivity index (χ3v) is 4.07. The average molecular weight is 448 g/mol. The van der Waals surface area contributed by atoms with Crippen LogP contribution < -0.4 is 16.0 Å². The number of hydrogen-bond donors (Lipinski definition) is 3. The zero-order valence-corrected chi connectivity index (χ0v) is 17.2. The molecule has 1 atom stereocenters. The molecular weight excluding hydrogens is 427 g/mol. The van der Waals surface area contributed by atoms with Crippen LogP contribution in [0, 0.1) is 0 Å². The Morgan fingerprint density at radius 1 is 1.18 bits per heavy atom. The van der Waals surface area contributed by atoms with Crippen LogP contribution in [0.1, 0.15) is 16.8 Å². The minimum atomic E-state index is -0.366. The van der Waals surface area contributed by atoms with E-state index >= 15 is 0 Å². The van der Waals surface area contributed by atoms with Crippen molar-refractivity contribution in [2.45, 2.75) is 12.5 Å². The van der Waals surface area contributed by atoms with Crippen molar-refractivity contribution < 1.29 is 14.3 Å². The molecular formula is C18H21Cl3N4O3. The smallest absolute Gasteiger partial charge is 0.258 e. The van der Waals surface area contributed by atoms with Crippen LogP contribution in [0.2, 0.25) is 5.02 Å². The minimum absolute atomic E-state index is 0. The Labute approximate surface area is 180 Å². The van der Waals surface area contributed by atoms with Crippen LogP contribution in [-0.2, 0) is 9.53 Å². The molecule has 3 N–H and O–H groups in total. The molecule has 1 aliphatic rings. The average Bonchev–Trinajstić information content (AvgIpc) is 2.65. The van der Waals surface area contributed by atoms with Gasteiger partial charge in [-0.2, -0.15) is 0 Å². The first-order valence-electron chi connectivity index (χ1n) is 8.25. The van der Waals surface area contributed by atoms with Gasteiger partial charge in [-0.15, -0.1) is 24.8 Å². The number of para-hydroxylation sites is 1. The lowest BCUT2D eigenvalue weighted by Gasteiger charge is -2.23. The Kier molecular flexibility index (Phi) is 10.2. The van der Waals surface area contributed by atoms with Gasteiger partial charge >= 0.3 is 0 Å². The van der Waals surface area contributed by atoms with Crippen molar-refractivity contribution in [1.82, 2.24) is 10.3 Å². The maximum atomic E-state index is 12.5. The van der Waals surface area contributed by atoms with E-state index in [1.807, 2.05) is 0 Å². The molecule has 0 saturated carbocycles. The number of halogens is 3. The van der Waals surface area contributed by atoms with Crippen molar-refractivity contribution in [2.75, 3.05) is 30.4 Å². The summed E-state index contributed by atoms with van der Waals surface area (Å²) in [6, 6.07) is 10.0. The van der Waals surface area contributed by atoms with Crippen LogP contribution in [0.25, 0.3) is 0 Å². The predicted octanol–water partition coefficient (Wildman–Crippen LogP) is 3.15. The summed E-state index contributed by atoms with van der Waals surface area (Å²) < 4.78 is 5.35. The molecule has 0 aliphatic carbocycles. The third-order valence-electron chi connectivity index (χ3n) is 3.85. The number of pyridine rings is 1. The van der Waals surface area contributed by atoms with Gasteiger partial charge in [0.15, 0.2) is 0 Å². The van der Waals surface area contributed by atoms with Crippen molar-refractivity contribution in [3.63, 3.8) is 0 Å². The number of ether oxygens (including phenoxy) is 1. The van der Waals surface area contributed by atoms with Crippen LogP contribution in [0.4, 0.5) is 11.5 Å². The first-order valence-corrected chi connectivity index (χ1v) is 8.62. The molecule has 0 radical (unpaired) electrons. The highest BCUT2D eigenvalue weighted by Crippen LogP contribution is 2.18. The lowest BCUT2D eigenvalue weighted by Crippen LogP contribution is -2.43. The minimum Gasteiger partial charge on any atom is -0.378 e. The zero-order chi connectivity index (χ0) is 18.4. The van der Waals surface area contributed by atoms with Gasteiger partial charge in [-0.05, 0) is 24.3 Å². The maximum absolute atomic E-state index is 12.5. The van der Waals surface area contributed by atoms with Crippen molar-refractivity contribution in [1.29, 1.82) is 0 Å². The third kappa shape index (κ3) is 6.92. The largest absolute Gasteiger partial charge is 0.378 e. The SMILES string of the molecule is Cl.Cl.O=C(CC1COCCN1)Nc1ccccc1C(=O)Nc1ccc(Cl)cn1. The molecule has 3 rings (SSSR count). The summed E-state index contributed by atoms with van der Waals surface area (Å²) >= 11 is 5.79. The Hall–Kier alpha value is -1.90. The molecule has 1 aromatic heterocycles. The molecule has 0 bridgehead atoms. The van der Waals surface area contributed by atoms with Gasteiger partial charge in [-0.3, -0.25) is 9.59 Å². The van der Waals surface area contributed by atoms with Gasteiger partial charge in [-0.1, -0.05) is 23.7 Å². The Bertz CT molecular complexity index is 784. The number of nitrogens with zero attached hydrogens (tertiary/aromatic N) is 1. The molecule has 1 fully saturated rings. The van der Waals surface area contributed by atoms with E-state index in [0.717, 1.165) is 6.54 Å². The zero-order valence-electron chi connectivity index (χ0n) is 14.8. The molecule has 1 aliphatic heterocycles. The molecule has 10 heteroatoms. The topological polar surface area (TPSA) is 92.4 Å². The number of carbonyl (C=O) groups excluding carboxylic acids is 2. The Balaban J connectivity index is 0.00000196. The number of morpholine rings is 1. The van der Waals surface area contributed by atoms with Gasteiger partial charge in [0, 0.05) is 25.2 Å². The van der Waals surface area contributed by atoms with E-state index in [0.29, 0.717) is 35.3 Å². The van der Waals surface area contributed by atoms with E-state index in [4.69, 9.17) is 16.3 Å². The molecule has 1 unspecified atom stereocenters. The molecule has 1 saturated heterocycles. The summed E-state index contributed by atoms with van der Waals surface area (Å²) in [6.07, 6.45) is 1.72.